The number of hydrogen-bond donors (Lipinski definition) is 2. The first-order valence-corrected chi connectivity index (χ1v) is 14.4. The van der Waals surface area contributed by atoms with Gasteiger partial charge in [-0.1, -0.05) is 58.5 Å². The third kappa shape index (κ3) is 6.93. The molecule has 8 nitrogen and oxygen atoms in total. The number of nitrogens with one attached hydrogen (secondary N) is 2. The molecule has 0 saturated heterocycles. The van der Waals surface area contributed by atoms with Crippen molar-refractivity contribution in [3.05, 3.63) is 80.8 Å². The van der Waals surface area contributed by atoms with Crippen LogP contribution in [0.4, 0.5) is 17.1 Å². The van der Waals surface area contributed by atoms with Crippen LogP contribution in [0.5, 0.6) is 0 Å². The zero-order chi connectivity index (χ0) is 26.0. The smallest absolute Gasteiger partial charge is 0.261 e. The second kappa shape index (κ2) is 10.8. The summed E-state index contributed by atoms with van der Waals surface area (Å²) in [6.07, 6.45) is 0.908. The number of sulfonamides is 2. The first kappa shape index (κ1) is 27.4. The van der Waals surface area contributed by atoms with Gasteiger partial charge in [-0.2, -0.15) is 0 Å². The predicted molar refractivity (Wildman–Crippen MR) is 141 cm³/mol. The molecule has 0 unspecified atom stereocenters. The maximum absolute atomic E-state index is 12.6. The van der Waals surface area contributed by atoms with Crippen molar-refractivity contribution in [2.24, 2.45) is 0 Å². The molecule has 186 valence electrons. The molecular weight excluding hydrogens is 580 g/mol. The highest BCUT2D eigenvalue weighted by Gasteiger charge is 2.24. The molecule has 0 aromatic heterocycles. The zero-order valence-corrected chi connectivity index (χ0v) is 22.5. The molecule has 0 aliphatic carbocycles. The molecule has 0 atom stereocenters. The van der Waals surface area contributed by atoms with Gasteiger partial charge in [-0.25, -0.2) is 16.8 Å². The Bertz CT molecular complexity index is 1480. The zero-order valence-electron chi connectivity index (χ0n) is 17.8. The molecule has 3 aromatic carbocycles. The summed E-state index contributed by atoms with van der Waals surface area (Å²) in [5.41, 5.74) is 0.430. The number of amides is 1. The monoisotopic (exact) mass is 595 g/mol. The Hall–Kier alpha value is -2.21. The highest BCUT2D eigenvalue weighted by Crippen LogP contribution is 2.35. The molecule has 0 aliphatic rings. The van der Waals surface area contributed by atoms with Gasteiger partial charge in [0.2, 0.25) is 15.9 Å². The van der Waals surface area contributed by atoms with E-state index in [1.54, 1.807) is 18.2 Å². The van der Waals surface area contributed by atoms with Crippen LogP contribution >= 0.6 is 46.4 Å². The molecule has 2 N–H and O–H groups in total. The van der Waals surface area contributed by atoms with E-state index in [1.807, 2.05) is 0 Å². The van der Waals surface area contributed by atoms with Crippen LogP contribution in [0.3, 0.4) is 0 Å². The Balaban J connectivity index is 1.76. The van der Waals surface area contributed by atoms with E-state index in [9.17, 15) is 21.6 Å². The second-order valence-electron chi connectivity index (χ2n) is 7.15. The lowest BCUT2D eigenvalue weighted by atomic mass is 10.3. The molecule has 35 heavy (non-hydrogen) atoms. The molecule has 14 heteroatoms. The van der Waals surface area contributed by atoms with E-state index < -0.39 is 32.5 Å². The third-order valence-corrected chi connectivity index (χ3v) is 8.37. The molecule has 0 bridgehead atoms. The lowest BCUT2D eigenvalue weighted by Crippen LogP contribution is -2.37. The van der Waals surface area contributed by atoms with Crippen molar-refractivity contribution in [2.45, 2.75) is 4.90 Å². The topological polar surface area (TPSA) is 113 Å². The number of hydrogen-bond acceptors (Lipinski definition) is 5. The normalized spacial score (nSPS) is 11.7. The van der Waals surface area contributed by atoms with Gasteiger partial charge in [0.05, 0.1) is 42.6 Å². The number of halogens is 4. The van der Waals surface area contributed by atoms with Crippen molar-refractivity contribution in [3.63, 3.8) is 0 Å². The van der Waals surface area contributed by atoms with Crippen LogP contribution in [-0.4, -0.2) is 35.5 Å². The molecule has 0 heterocycles. The highest BCUT2D eigenvalue weighted by molar-refractivity contribution is 7.92. The average Bonchev–Trinajstić information content (AvgIpc) is 2.76. The van der Waals surface area contributed by atoms with E-state index in [4.69, 9.17) is 46.4 Å². The first-order chi connectivity index (χ1) is 16.3. The van der Waals surface area contributed by atoms with E-state index in [0.717, 1.165) is 10.6 Å². The summed E-state index contributed by atoms with van der Waals surface area (Å²) in [6.45, 7) is -0.620. The SMILES string of the molecule is CS(=O)(=O)N(CC(=O)Nc1ccc(S(=O)(=O)Nc2ccccc2Cl)cc1)c1cc(Cl)c(Cl)cc1Cl. The summed E-state index contributed by atoms with van der Waals surface area (Å²) in [5, 5.41) is 2.91. The Morgan fingerprint density at radius 3 is 2.03 bits per heavy atom. The van der Waals surface area contributed by atoms with Gasteiger partial charge in [-0.05, 0) is 48.5 Å². The molecule has 1 amide bonds. The summed E-state index contributed by atoms with van der Waals surface area (Å²) in [6, 6.07) is 14.1. The largest absolute Gasteiger partial charge is 0.325 e. The van der Waals surface area contributed by atoms with Crippen LogP contribution in [0.25, 0.3) is 0 Å². The van der Waals surface area contributed by atoms with Crippen LogP contribution in [0, 0.1) is 0 Å². The van der Waals surface area contributed by atoms with Crippen LogP contribution in [-0.2, 0) is 24.8 Å². The minimum absolute atomic E-state index is 0.0156. The fourth-order valence-electron chi connectivity index (χ4n) is 2.88. The van der Waals surface area contributed by atoms with Crippen molar-refractivity contribution in [3.8, 4) is 0 Å². The molecule has 3 aromatic rings. The Labute approximate surface area is 222 Å². The summed E-state index contributed by atoms with van der Waals surface area (Å²) < 4.78 is 53.1. The lowest BCUT2D eigenvalue weighted by molar-refractivity contribution is -0.114. The fraction of sp³-hybridized carbons (Fsp3) is 0.0952. The third-order valence-electron chi connectivity index (χ3n) is 4.51. The average molecular weight is 597 g/mol. The van der Waals surface area contributed by atoms with Crippen LogP contribution < -0.4 is 14.3 Å². The highest BCUT2D eigenvalue weighted by atomic mass is 35.5. The van der Waals surface area contributed by atoms with Gasteiger partial charge in [0.15, 0.2) is 0 Å². The van der Waals surface area contributed by atoms with Crippen LogP contribution in [0.1, 0.15) is 0 Å². The number of carbonyl (C=O) groups is 1. The van der Waals surface area contributed by atoms with E-state index in [1.165, 1.54) is 42.5 Å². The van der Waals surface area contributed by atoms with Gasteiger partial charge in [0.1, 0.15) is 6.54 Å². The van der Waals surface area contributed by atoms with Crippen LogP contribution in [0.15, 0.2) is 65.6 Å². The van der Waals surface area contributed by atoms with Crippen molar-refractivity contribution in [1.29, 1.82) is 0 Å². The maximum Gasteiger partial charge on any atom is 0.261 e. The second-order valence-corrected chi connectivity index (χ2v) is 12.4. The molecule has 0 fully saturated rings. The van der Waals surface area contributed by atoms with Gasteiger partial charge >= 0.3 is 0 Å². The van der Waals surface area contributed by atoms with Gasteiger partial charge in [0, 0.05) is 5.69 Å². The minimum atomic E-state index is -3.94. The fourth-order valence-corrected chi connectivity index (χ4v) is 5.75. The lowest BCUT2D eigenvalue weighted by Gasteiger charge is -2.23. The molecule has 0 saturated carbocycles. The van der Waals surface area contributed by atoms with E-state index >= 15 is 0 Å². The van der Waals surface area contributed by atoms with Crippen molar-refractivity contribution in [2.75, 3.05) is 27.1 Å². The first-order valence-electron chi connectivity index (χ1n) is 9.57. The molecular formula is C21H17Cl4N3O5S2. The van der Waals surface area contributed by atoms with Gasteiger partial charge in [-0.15, -0.1) is 0 Å². The number of carbonyl (C=O) groups excluding carboxylic acids is 1. The Kier molecular flexibility index (Phi) is 8.46. The van der Waals surface area contributed by atoms with Crippen molar-refractivity contribution in [1.82, 2.24) is 0 Å². The van der Waals surface area contributed by atoms with Gasteiger partial charge < -0.3 is 5.32 Å². The summed E-state index contributed by atoms with van der Waals surface area (Å²) in [4.78, 5) is 12.5. The summed E-state index contributed by atoms with van der Waals surface area (Å²) in [7, 11) is -7.87. The quantitative estimate of drug-likeness (QED) is 0.333. The standard InChI is InChI=1S/C21H17Cl4N3O5S2/c1-34(30,31)28(20-11-17(24)16(23)10-18(20)25)12-21(29)26-13-6-8-14(9-7-13)35(32,33)27-19-5-3-2-4-15(19)22/h2-11,27H,12H2,1H3,(H,26,29). The van der Waals surface area contributed by atoms with E-state index in [2.05, 4.69) is 10.0 Å². The number of rotatable bonds is 8. The van der Waals surface area contributed by atoms with E-state index in [0.29, 0.717) is 0 Å². The summed E-state index contributed by atoms with van der Waals surface area (Å²) in [5.74, 6) is -0.706. The number of anilines is 3. The molecule has 0 spiro atoms. The number of benzene rings is 3. The van der Waals surface area contributed by atoms with Gasteiger partial charge in [0.25, 0.3) is 10.0 Å². The van der Waals surface area contributed by atoms with Gasteiger partial charge in [-0.3, -0.25) is 13.8 Å². The van der Waals surface area contributed by atoms with Crippen molar-refractivity contribution >= 4 is 89.4 Å². The van der Waals surface area contributed by atoms with Crippen molar-refractivity contribution < 1.29 is 21.6 Å². The number of nitrogens with zero attached hydrogens (tertiary/aromatic N) is 1. The molecule has 3 rings (SSSR count). The number of para-hydroxylation sites is 1. The van der Waals surface area contributed by atoms with Crippen LogP contribution in [0.2, 0.25) is 20.1 Å². The molecule has 0 aliphatic heterocycles. The molecule has 0 radical (unpaired) electrons. The maximum atomic E-state index is 12.6. The van der Waals surface area contributed by atoms with E-state index in [-0.39, 0.29) is 42.0 Å². The Morgan fingerprint density at radius 2 is 1.43 bits per heavy atom. The minimum Gasteiger partial charge on any atom is -0.325 e. The Morgan fingerprint density at radius 1 is 0.829 bits per heavy atom. The summed E-state index contributed by atoms with van der Waals surface area (Å²) >= 11 is 24.0. The predicted octanol–water partition coefficient (Wildman–Crippen LogP) is 5.51.